The van der Waals surface area contributed by atoms with Gasteiger partial charge in [-0.05, 0) is 28.1 Å². The van der Waals surface area contributed by atoms with E-state index in [0.29, 0.717) is 18.8 Å². The van der Waals surface area contributed by atoms with Gasteiger partial charge in [0.25, 0.3) is 0 Å². The minimum absolute atomic E-state index is 0.0339. The zero-order valence-electron chi connectivity index (χ0n) is 11.0. The number of fused-ring (bicyclic) bond motifs is 1. The van der Waals surface area contributed by atoms with Crippen LogP contribution in [0.2, 0.25) is 0 Å². The van der Waals surface area contributed by atoms with Gasteiger partial charge in [0, 0.05) is 18.2 Å². The molecule has 6 nitrogen and oxygen atoms in total. The number of carboxylic acids is 1. The molecule has 0 atom stereocenters. The van der Waals surface area contributed by atoms with Crippen molar-refractivity contribution in [3.05, 3.63) is 45.8 Å². The zero-order valence-corrected chi connectivity index (χ0v) is 12.6. The lowest BCUT2D eigenvalue weighted by Gasteiger charge is -2.10. The fourth-order valence-electron chi connectivity index (χ4n) is 2.18. The van der Waals surface area contributed by atoms with Gasteiger partial charge in [-0.15, -0.1) is 0 Å². The molecule has 0 amide bonds. The lowest BCUT2D eigenvalue weighted by molar-refractivity contribution is 0.0690. The van der Waals surface area contributed by atoms with Gasteiger partial charge >= 0.3 is 5.97 Å². The van der Waals surface area contributed by atoms with Crippen LogP contribution in [0.3, 0.4) is 0 Å². The van der Waals surface area contributed by atoms with Crippen molar-refractivity contribution < 1.29 is 14.6 Å². The Labute approximate surface area is 129 Å². The molecule has 1 aliphatic rings. The molecule has 2 N–H and O–H groups in total. The predicted molar refractivity (Wildman–Crippen MR) is 79.7 cm³/mol. The number of nitrogens with zero attached hydrogens (tertiary/aromatic N) is 2. The van der Waals surface area contributed by atoms with Crippen LogP contribution in [0.4, 0.5) is 5.82 Å². The Bertz CT molecular complexity index is 706. The average molecular weight is 350 g/mol. The van der Waals surface area contributed by atoms with Gasteiger partial charge in [0.15, 0.2) is 0 Å². The normalized spacial score (nSPS) is 12.6. The summed E-state index contributed by atoms with van der Waals surface area (Å²) < 4.78 is 6.39. The summed E-state index contributed by atoms with van der Waals surface area (Å²) >= 11 is 3.41. The number of rotatable bonds is 4. The molecule has 0 unspecified atom stereocenters. The highest BCUT2D eigenvalue weighted by atomic mass is 79.9. The van der Waals surface area contributed by atoms with Crippen LogP contribution in [-0.2, 0) is 13.0 Å². The quantitative estimate of drug-likeness (QED) is 0.881. The molecule has 2 aromatic rings. The molecule has 0 bridgehead atoms. The summed E-state index contributed by atoms with van der Waals surface area (Å²) in [6.45, 7) is 1.04. The molecule has 7 heteroatoms. The van der Waals surface area contributed by atoms with Crippen LogP contribution in [0.5, 0.6) is 5.75 Å². The molecular weight excluding hydrogens is 338 g/mol. The van der Waals surface area contributed by atoms with E-state index < -0.39 is 5.97 Å². The molecule has 108 valence electrons. The Kier molecular flexibility index (Phi) is 3.74. The van der Waals surface area contributed by atoms with Gasteiger partial charge < -0.3 is 15.2 Å². The number of carboxylic acid groups (broad SMARTS) is 1. The van der Waals surface area contributed by atoms with Crippen LogP contribution in [0, 0.1) is 0 Å². The molecule has 0 saturated carbocycles. The molecule has 0 aromatic carbocycles. The van der Waals surface area contributed by atoms with Crippen LogP contribution in [0.15, 0.2) is 28.9 Å². The highest BCUT2D eigenvalue weighted by molar-refractivity contribution is 9.10. The third kappa shape index (κ3) is 2.82. The van der Waals surface area contributed by atoms with Crippen molar-refractivity contribution in [2.24, 2.45) is 0 Å². The Morgan fingerprint density at radius 3 is 3.14 bits per heavy atom. The fraction of sp³-hybridized carbons (Fsp3) is 0.214. The summed E-state index contributed by atoms with van der Waals surface area (Å²) in [5, 5.41) is 12.1. The molecule has 2 aromatic heterocycles. The standard InChI is InChI=1S/C14H12BrN3O3/c15-10-7-17-13(9-4-5-21-12(9)10)16-6-8-2-1-3-11(18-8)14(19)20/h1-3,7H,4-6H2,(H,16,17)(H,19,20). The molecule has 1 aliphatic heterocycles. The Hall–Kier alpha value is -2.15. The molecule has 3 heterocycles. The van der Waals surface area contributed by atoms with Crippen LogP contribution >= 0.6 is 15.9 Å². The van der Waals surface area contributed by atoms with Gasteiger partial charge in [-0.25, -0.2) is 14.8 Å². The predicted octanol–water partition coefficient (Wildman–Crippen LogP) is 2.48. The third-order valence-corrected chi connectivity index (χ3v) is 3.71. The summed E-state index contributed by atoms with van der Waals surface area (Å²) in [7, 11) is 0. The van der Waals surface area contributed by atoms with Crippen molar-refractivity contribution in [1.29, 1.82) is 0 Å². The SMILES string of the molecule is O=C(O)c1cccc(CNc2ncc(Br)c3c2CCO3)n1. The monoisotopic (exact) mass is 349 g/mol. The van der Waals surface area contributed by atoms with E-state index in [1.165, 1.54) is 6.07 Å². The lowest BCUT2D eigenvalue weighted by atomic mass is 10.2. The highest BCUT2D eigenvalue weighted by Gasteiger charge is 2.20. The number of hydrogen-bond donors (Lipinski definition) is 2. The summed E-state index contributed by atoms with van der Waals surface area (Å²) in [6, 6.07) is 4.92. The highest BCUT2D eigenvalue weighted by Crippen LogP contribution is 2.36. The lowest BCUT2D eigenvalue weighted by Crippen LogP contribution is -2.08. The molecule has 0 spiro atoms. The summed E-state index contributed by atoms with van der Waals surface area (Å²) in [5.74, 6) is 0.529. The van der Waals surface area contributed by atoms with E-state index in [2.05, 4.69) is 31.2 Å². The van der Waals surface area contributed by atoms with E-state index in [1.54, 1.807) is 18.3 Å². The molecule has 21 heavy (non-hydrogen) atoms. The molecular formula is C14H12BrN3O3. The number of pyridine rings is 2. The van der Waals surface area contributed by atoms with Gasteiger partial charge in [0.2, 0.25) is 0 Å². The largest absolute Gasteiger partial charge is 0.492 e. The topological polar surface area (TPSA) is 84.3 Å². The van der Waals surface area contributed by atoms with Crippen molar-refractivity contribution in [3.8, 4) is 5.75 Å². The van der Waals surface area contributed by atoms with E-state index >= 15 is 0 Å². The second kappa shape index (κ2) is 5.69. The Morgan fingerprint density at radius 2 is 2.33 bits per heavy atom. The maximum atomic E-state index is 10.9. The second-order valence-corrected chi connectivity index (χ2v) is 5.39. The maximum Gasteiger partial charge on any atom is 0.354 e. The van der Waals surface area contributed by atoms with Crippen molar-refractivity contribution in [2.75, 3.05) is 11.9 Å². The van der Waals surface area contributed by atoms with E-state index in [4.69, 9.17) is 9.84 Å². The third-order valence-electron chi connectivity index (χ3n) is 3.15. The summed E-state index contributed by atoms with van der Waals surface area (Å²) in [6.07, 6.45) is 2.49. The average Bonchev–Trinajstić information content (AvgIpc) is 2.97. The molecule has 0 saturated heterocycles. The van der Waals surface area contributed by atoms with E-state index in [0.717, 1.165) is 28.0 Å². The van der Waals surface area contributed by atoms with E-state index in [-0.39, 0.29) is 5.69 Å². The van der Waals surface area contributed by atoms with Crippen molar-refractivity contribution in [1.82, 2.24) is 9.97 Å². The molecule has 0 fully saturated rings. The first-order valence-corrected chi connectivity index (χ1v) is 7.17. The number of halogens is 1. The summed E-state index contributed by atoms with van der Waals surface area (Å²) in [4.78, 5) is 19.3. The number of hydrogen-bond acceptors (Lipinski definition) is 5. The van der Waals surface area contributed by atoms with E-state index in [9.17, 15) is 4.79 Å². The minimum Gasteiger partial charge on any atom is -0.492 e. The number of nitrogens with one attached hydrogen (secondary N) is 1. The Balaban J connectivity index is 1.78. The maximum absolute atomic E-state index is 10.9. The number of aromatic carboxylic acids is 1. The van der Waals surface area contributed by atoms with Gasteiger partial charge in [0.1, 0.15) is 17.3 Å². The zero-order chi connectivity index (χ0) is 14.8. The fourth-order valence-corrected chi connectivity index (χ4v) is 2.63. The van der Waals surface area contributed by atoms with Gasteiger partial charge in [-0.1, -0.05) is 6.07 Å². The molecule has 3 rings (SSSR count). The van der Waals surface area contributed by atoms with Crippen LogP contribution in [-0.4, -0.2) is 27.7 Å². The van der Waals surface area contributed by atoms with E-state index in [1.807, 2.05) is 0 Å². The number of aromatic nitrogens is 2. The van der Waals surface area contributed by atoms with Crippen molar-refractivity contribution in [3.63, 3.8) is 0 Å². The molecule has 0 aliphatic carbocycles. The van der Waals surface area contributed by atoms with Crippen molar-refractivity contribution >= 4 is 27.7 Å². The first-order valence-electron chi connectivity index (χ1n) is 6.38. The summed E-state index contributed by atoms with van der Waals surface area (Å²) in [5.41, 5.74) is 1.71. The number of carbonyl (C=O) groups is 1. The van der Waals surface area contributed by atoms with Crippen molar-refractivity contribution in [2.45, 2.75) is 13.0 Å². The minimum atomic E-state index is -1.03. The first-order chi connectivity index (χ1) is 10.1. The van der Waals surface area contributed by atoms with Gasteiger partial charge in [0.05, 0.1) is 23.3 Å². The van der Waals surface area contributed by atoms with Gasteiger partial charge in [-0.3, -0.25) is 0 Å². The second-order valence-electron chi connectivity index (χ2n) is 4.53. The van der Waals surface area contributed by atoms with Crippen LogP contribution < -0.4 is 10.1 Å². The number of ether oxygens (including phenoxy) is 1. The van der Waals surface area contributed by atoms with Crippen LogP contribution in [0.1, 0.15) is 21.7 Å². The van der Waals surface area contributed by atoms with Gasteiger partial charge in [-0.2, -0.15) is 0 Å². The Morgan fingerprint density at radius 1 is 1.48 bits per heavy atom. The molecule has 0 radical (unpaired) electrons. The first kappa shape index (κ1) is 13.8. The smallest absolute Gasteiger partial charge is 0.354 e. The van der Waals surface area contributed by atoms with Crippen LogP contribution in [0.25, 0.3) is 0 Å². The number of anilines is 1.